The maximum atomic E-state index is 10.8. The zero-order chi connectivity index (χ0) is 15.4. The Kier molecular flexibility index (Phi) is 4.70. The number of hydrogen-bond donors (Lipinski definition) is 1. The van der Waals surface area contributed by atoms with Gasteiger partial charge in [0.25, 0.3) is 5.69 Å². The molecule has 2 heterocycles. The third-order valence-electron chi connectivity index (χ3n) is 3.92. The van der Waals surface area contributed by atoms with Crippen LogP contribution in [-0.2, 0) is 0 Å². The number of aromatic nitrogens is 1. The molecular weight excluding hydrogens is 270 g/mol. The van der Waals surface area contributed by atoms with Crippen LogP contribution in [0.4, 0.5) is 11.5 Å². The molecule has 1 N–H and O–H groups in total. The summed E-state index contributed by atoms with van der Waals surface area (Å²) < 4.78 is 0. The summed E-state index contributed by atoms with van der Waals surface area (Å²) in [7, 11) is 0. The van der Waals surface area contributed by atoms with E-state index in [0.717, 1.165) is 25.9 Å². The topological polar surface area (TPSA) is 95.1 Å². The molecular formula is C14H19N5O2. The lowest BCUT2D eigenvalue weighted by molar-refractivity contribution is -0.385. The third kappa shape index (κ3) is 3.11. The van der Waals surface area contributed by atoms with Crippen molar-refractivity contribution in [2.24, 2.45) is 0 Å². The van der Waals surface area contributed by atoms with E-state index in [2.05, 4.69) is 29.0 Å². The highest BCUT2D eigenvalue weighted by molar-refractivity contribution is 5.58. The van der Waals surface area contributed by atoms with Gasteiger partial charge in [0, 0.05) is 31.2 Å². The highest BCUT2D eigenvalue weighted by Gasteiger charge is 2.29. The molecule has 1 saturated heterocycles. The first-order valence-electron chi connectivity index (χ1n) is 7.15. The predicted octanol–water partition coefficient (Wildman–Crippen LogP) is 1.83. The summed E-state index contributed by atoms with van der Waals surface area (Å²) in [5.74, 6) is 0.551. The molecule has 2 rings (SSSR count). The number of nitro groups is 1. The van der Waals surface area contributed by atoms with Gasteiger partial charge in [0.2, 0.25) is 0 Å². The van der Waals surface area contributed by atoms with Crippen LogP contribution in [0.25, 0.3) is 0 Å². The van der Waals surface area contributed by atoms with Crippen molar-refractivity contribution in [2.45, 2.75) is 38.8 Å². The van der Waals surface area contributed by atoms with E-state index >= 15 is 0 Å². The molecule has 21 heavy (non-hydrogen) atoms. The third-order valence-corrected chi connectivity index (χ3v) is 3.92. The Morgan fingerprint density at radius 2 is 2.33 bits per heavy atom. The molecule has 0 bridgehead atoms. The van der Waals surface area contributed by atoms with Crippen LogP contribution < -0.4 is 10.2 Å². The van der Waals surface area contributed by atoms with E-state index in [9.17, 15) is 15.4 Å². The monoisotopic (exact) mass is 289 g/mol. The van der Waals surface area contributed by atoms with E-state index in [1.807, 2.05) is 6.07 Å². The lowest BCUT2D eigenvalue weighted by atomic mass is 10.0. The van der Waals surface area contributed by atoms with Crippen molar-refractivity contribution in [2.75, 3.05) is 18.0 Å². The Morgan fingerprint density at radius 3 is 2.90 bits per heavy atom. The average molecular weight is 289 g/mol. The quantitative estimate of drug-likeness (QED) is 0.671. The van der Waals surface area contributed by atoms with Gasteiger partial charge >= 0.3 is 0 Å². The van der Waals surface area contributed by atoms with Crippen LogP contribution >= 0.6 is 0 Å². The molecule has 1 aliphatic heterocycles. The van der Waals surface area contributed by atoms with Gasteiger partial charge in [-0.1, -0.05) is 13.8 Å². The van der Waals surface area contributed by atoms with Gasteiger partial charge in [-0.3, -0.25) is 10.1 Å². The molecule has 2 atom stereocenters. The van der Waals surface area contributed by atoms with Gasteiger partial charge in [-0.15, -0.1) is 0 Å². The van der Waals surface area contributed by atoms with Crippen molar-refractivity contribution in [1.29, 1.82) is 5.26 Å². The van der Waals surface area contributed by atoms with Gasteiger partial charge in [-0.2, -0.15) is 5.26 Å². The van der Waals surface area contributed by atoms with E-state index in [-0.39, 0.29) is 17.3 Å². The molecule has 1 aromatic rings. The predicted molar refractivity (Wildman–Crippen MR) is 79.1 cm³/mol. The first-order chi connectivity index (χ1) is 10.1. The summed E-state index contributed by atoms with van der Waals surface area (Å²) in [6, 6.07) is 3.93. The molecule has 0 aliphatic carbocycles. The molecule has 0 amide bonds. The van der Waals surface area contributed by atoms with Gasteiger partial charge in [0.1, 0.15) is 23.6 Å². The largest absolute Gasteiger partial charge is 0.350 e. The van der Waals surface area contributed by atoms with E-state index in [0.29, 0.717) is 11.9 Å². The number of nitrogens with one attached hydrogen (secondary N) is 1. The molecule has 1 aliphatic rings. The Labute approximate surface area is 123 Å². The molecule has 1 fully saturated rings. The minimum Gasteiger partial charge on any atom is -0.350 e. The van der Waals surface area contributed by atoms with E-state index < -0.39 is 4.92 Å². The number of rotatable bonds is 4. The number of nitrogens with zero attached hydrogens (tertiary/aromatic N) is 4. The Hall–Kier alpha value is -2.20. The van der Waals surface area contributed by atoms with E-state index in [1.165, 1.54) is 12.3 Å². The van der Waals surface area contributed by atoms with Crippen molar-refractivity contribution in [3.63, 3.8) is 0 Å². The standard InChI is InChI=1S/C14H19N5O2/c1-3-11-9-18(12(4-2)7-16-11)14-10(6-15)5-13(8-17-14)19(20)21/h5,8,11-12,16H,3-4,7,9H2,1-2H3. The van der Waals surface area contributed by atoms with Crippen LogP contribution in [-0.4, -0.2) is 35.1 Å². The molecule has 0 aromatic carbocycles. The molecule has 0 radical (unpaired) electrons. The van der Waals surface area contributed by atoms with Gasteiger partial charge in [-0.25, -0.2) is 4.98 Å². The van der Waals surface area contributed by atoms with Gasteiger partial charge in [0.15, 0.2) is 0 Å². The van der Waals surface area contributed by atoms with Crippen molar-refractivity contribution in [1.82, 2.24) is 10.3 Å². The highest BCUT2D eigenvalue weighted by Crippen LogP contribution is 2.26. The van der Waals surface area contributed by atoms with E-state index in [4.69, 9.17) is 0 Å². The number of anilines is 1. The smallest absolute Gasteiger partial charge is 0.289 e. The van der Waals surface area contributed by atoms with Crippen LogP contribution in [0, 0.1) is 21.4 Å². The summed E-state index contributed by atoms with van der Waals surface area (Å²) in [6.45, 7) is 5.78. The first-order valence-corrected chi connectivity index (χ1v) is 7.15. The molecule has 1 aromatic heterocycles. The highest BCUT2D eigenvalue weighted by atomic mass is 16.6. The van der Waals surface area contributed by atoms with Crippen LogP contribution in [0.5, 0.6) is 0 Å². The summed E-state index contributed by atoms with van der Waals surface area (Å²) >= 11 is 0. The fourth-order valence-electron chi connectivity index (χ4n) is 2.62. The number of nitriles is 1. The lowest BCUT2D eigenvalue weighted by Gasteiger charge is -2.41. The van der Waals surface area contributed by atoms with E-state index in [1.54, 1.807) is 0 Å². The average Bonchev–Trinajstić information content (AvgIpc) is 2.53. The summed E-state index contributed by atoms with van der Waals surface area (Å²) in [4.78, 5) is 16.6. The normalized spacial score (nSPS) is 21.9. The lowest BCUT2D eigenvalue weighted by Crippen LogP contribution is -2.56. The Morgan fingerprint density at radius 1 is 1.57 bits per heavy atom. The maximum Gasteiger partial charge on any atom is 0.289 e. The second-order valence-corrected chi connectivity index (χ2v) is 5.16. The van der Waals surface area contributed by atoms with Crippen LogP contribution in [0.1, 0.15) is 32.3 Å². The first kappa shape index (κ1) is 15.2. The zero-order valence-electron chi connectivity index (χ0n) is 12.2. The van der Waals surface area contributed by atoms with Crippen LogP contribution in [0.3, 0.4) is 0 Å². The molecule has 0 spiro atoms. The van der Waals surface area contributed by atoms with Crippen molar-refractivity contribution >= 4 is 11.5 Å². The van der Waals surface area contributed by atoms with Gasteiger partial charge in [0.05, 0.1) is 4.92 Å². The molecule has 7 nitrogen and oxygen atoms in total. The van der Waals surface area contributed by atoms with Crippen LogP contribution in [0.15, 0.2) is 12.3 Å². The Bertz CT molecular complexity index is 569. The van der Waals surface area contributed by atoms with Crippen molar-refractivity contribution in [3.05, 3.63) is 27.9 Å². The summed E-state index contributed by atoms with van der Waals surface area (Å²) in [5.41, 5.74) is 0.116. The second-order valence-electron chi connectivity index (χ2n) is 5.16. The zero-order valence-corrected chi connectivity index (χ0v) is 12.2. The molecule has 7 heteroatoms. The number of piperazine rings is 1. The van der Waals surface area contributed by atoms with Crippen molar-refractivity contribution < 1.29 is 4.92 Å². The minimum atomic E-state index is -0.526. The fraction of sp³-hybridized carbons (Fsp3) is 0.571. The molecule has 112 valence electrons. The SMILES string of the molecule is CCC1CN(c2ncc([N+](=O)[O-])cc2C#N)C(CC)CN1. The fourth-order valence-corrected chi connectivity index (χ4v) is 2.62. The van der Waals surface area contributed by atoms with Gasteiger partial charge < -0.3 is 10.2 Å². The summed E-state index contributed by atoms with van der Waals surface area (Å²) in [6.07, 6.45) is 3.14. The maximum absolute atomic E-state index is 10.8. The number of hydrogen-bond acceptors (Lipinski definition) is 6. The minimum absolute atomic E-state index is 0.148. The Balaban J connectivity index is 2.38. The summed E-state index contributed by atoms with van der Waals surface area (Å²) in [5, 5.41) is 23.6. The number of pyridine rings is 1. The molecule has 0 saturated carbocycles. The molecule has 2 unspecified atom stereocenters. The second kappa shape index (κ2) is 6.50. The van der Waals surface area contributed by atoms with Crippen molar-refractivity contribution in [3.8, 4) is 6.07 Å². The van der Waals surface area contributed by atoms with Gasteiger partial charge in [-0.05, 0) is 12.8 Å². The van der Waals surface area contributed by atoms with Crippen LogP contribution in [0.2, 0.25) is 0 Å².